The summed E-state index contributed by atoms with van der Waals surface area (Å²) in [6, 6.07) is 9.47. The molecule has 0 fully saturated rings. The van der Waals surface area contributed by atoms with Crippen LogP contribution in [0, 0.1) is 6.92 Å². The molecule has 0 aromatic heterocycles. The van der Waals surface area contributed by atoms with Gasteiger partial charge in [0.1, 0.15) is 5.75 Å². The minimum atomic E-state index is -0.798. The smallest absolute Gasteiger partial charge is 0.313 e. The van der Waals surface area contributed by atoms with Gasteiger partial charge in [-0.25, -0.2) is 0 Å². The molecule has 5 nitrogen and oxygen atoms in total. The van der Waals surface area contributed by atoms with E-state index in [2.05, 4.69) is 10.6 Å². The number of phenolic OH excluding ortho intramolecular Hbond substituents is 1. The van der Waals surface area contributed by atoms with Crippen molar-refractivity contribution in [2.75, 3.05) is 5.32 Å². The highest BCUT2D eigenvalue weighted by molar-refractivity contribution is 6.40. The van der Waals surface area contributed by atoms with E-state index in [-0.39, 0.29) is 11.8 Å². The van der Waals surface area contributed by atoms with Crippen LogP contribution >= 0.6 is 23.2 Å². The number of benzene rings is 2. The lowest BCUT2D eigenvalue weighted by atomic mass is 10.1. The molecule has 3 N–H and O–H groups in total. The number of carbonyl (C=O) groups excluding carboxylic acids is 2. The summed E-state index contributed by atoms with van der Waals surface area (Å²) in [6.07, 6.45) is 0.529. The molecule has 0 aliphatic carbocycles. The number of nitrogens with one attached hydrogen (secondary N) is 2. The molecule has 1 unspecified atom stereocenters. The summed E-state index contributed by atoms with van der Waals surface area (Å²) < 4.78 is 0. The average Bonchev–Trinajstić information content (AvgIpc) is 2.54. The third-order valence-electron chi connectivity index (χ3n) is 3.60. The van der Waals surface area contributed by atoms with Crippen molar-refractivity contribution in [3.63, 3.8) is 0 Å². The maximum atomic E-state index is 12.0. The number of halogens is 2. The molecule has 7 heteroatoms. The molecule has 0 radical (unpaired) electrons. The van der Waals surface area contributed by atoms with Crippen molar-refractivity contribution < 1.29 is 14.7 Å². The monoisotopic (exact) mass is 380 g/mol. The number of hydrogen-bond donors (Lipinski definition) is 3. The topological polar surface area (TPSA) is 78.4 Å². The summed E-state index contributed by atoms with van der Waals surface area (Å²) in [5.41, 5.74) is 1.99. The van der Waals surface area contributed by atoms with E-state index in [0.29, 0.717) is 27.7 Å². The second-order valence-electron chi connectivity index (χ2n) is 5.76. The van der Waals surface area contributed by atoms with Gasteiger partial charge in [-0.2, -0.15) is 0 Å². The standard InChI is InChI=1S/C18H18Cl2N2O3/c1-10(7-12-3-5-14(23)6-4-12)21-17(24)18(25)22-13-8-15(19)11(2)16(20)9-13/h3-6,8-10,23H,7H2,1-2H3,(H,21,24)(H,22,25). The first-order valence-corrected chi connectivity index (χ1v) is 8.37. The van der Waals surface area contributed by atoms with Gasteiger partial charge < -0.3 is 15.7 Å². The van der Waals surface area contributed by atoms with E-state index in [4.69, 9.17) is 23.2 Å². The van der Waals surface area contributed by atoms with Gasteiger partial charge in [-0.1, -0.05) is 35.3 Å². The molecule has 2 amide bonds. The zero-order chi connectivity index (χ0) is 18.6. The van der Waals surface area contributed by atoms with Crippen LogP contribution in [-0.2, 0) is 16.0 Å². The molecule has 132 valence electrons. The number of aromatic hydroxyl groups is 1. The predicted molar refractivity (Wildman–Crippen MR) is 99.2 cm³/mol. The molecule has 2 aromatic carbocycles. The molecule has 0 saturated carbocycles. The molecule has 2 aromatic rings. The number of hydrogen-bond acceptors (Lipinski definition) is 3. The van der Waals surface area contributed by atoms with Crippen LogP contribution in [0.5, 0.6) is 5.75 Å². The number of anilines is 1. The van der Waals surface area contributed by atoms with E-state index in [1.807, 2.05) is 0 Å². The Morgan fingerprint density at radius 1 is 1.08 bits per heavy atom. The molecule has 0 saturated heterocycles. The van der Waals surface area contributed by atoms with Gasteiger partial charge in [0.25, 0.3) is 0 Å². The molecule has 0 spiro atoms. The Bertz CT molecular complexity index is 768. The Hall–Kier alpha value is -2.24. The van der Waals surface area contributed by atoms with Gasteiger partial charge in [0.05, 0.1) is 0 Å². The second-order valence-corrected chi connectivity index (χ2v) is 6.58. The Balaban J connectivity index is 1.93. The minimum absolute atomic E-state index is 0.176. The molecule has 2 rings (SSSR count). The summed E-state index contributed by atoms with van der Waals surface area (Å²) in [4.78, 5) is 24.0. The highest BCUT2D eigenvalue weighted by atomic mass is 35.5. The Morgan fingerprint density at radius 2 is 1.64 bits per heavy atom. The maximum absolute atomic E-state index is 12.0. The molecule has 0 aliphatic heterocycles. The number of rotatable bonds is 4. The second kappa shape index (κ2) is 8.23. The van der Waals surface area contributed by atoms with Crippen LogP contribution in [-0.4, -0.2) is 23.0 Å². The normalized spacial score (nSPS) is 11.7. The van der Waals surface area contributed by atoms with Crippen LogP contribution in [0.1, 0.15) is 18.1 Å². The zero-order valence-electron chi connectivity index (χ0n) is 13.8. The first-order valence-electron chi connectivity index (χ1n) is 7.61. The third kappa shape index (κ3) is 5.37. The van der Waals surface area contributed by atoms with Crippen molar-refractivity contribution in [3.8, 4) is 5.75 Å². The van der Waals surface area contributed by atoms with Crippen LogP contribution in [0.2, 0.25) is 10.0 Å². The summed E-state index contributed by atoms with van der Waals surface area (Å²) in [7, 11) is 0. The van der Waals surface area contributed by atoms with Gasteiger partial charge in [0.2, 0.25) is 0 Å². The van der Waals surface area contributed by atoms with E-state index in [1.54, 1.807) is 38.1 Å². The molecular weight excluding hydrogens is 363 g/mol. The molecule has 25 heavy (non-hydrogen) atoms. The molecular formula is C18H18Cl2N2O3. The van der Waals surface area contributed by atoms with Crippen molar-refractivity contribution in [2.45, 2.75) is 26.3 Å². The fourth-order valence-corrected chi connectivity index (χ4v) is 2.72. The first-order chi connectivity index (χ1) is 11.8. The highest BCUT2D eigenvalue weighted by Gasteiger charge is 2.17. The summed E-state index contributed by atoms with van der Waals surface area (Å²) in [5, 5.41) is 15.2. The average molecular weight is 381 g/mol. The molecule has 0 aliphatic rings. The summed E-state index contributed by atoms with van der Waals surface area (Å²) in [5.74, 6) is -1.37. The van der Waals surface area contributed by atoms with Crippen LogP contribution in [0.4, 0.5) is 5.69 Å². The van der Waals surface area contributed by atoms with Crippen molar-refractivity contribution in [3.05, 3.63) is 57.6 Å². The van der Waals surface area contributed by atoms with Crippen molar-refractivity contribution >= 4 is 40.7 Å². The number of phenols is 1. The van der Waals surface area contributed by atoms with Crippen molar-refractivity contribution in [1.29, 1.82) is 0 Å². The van der Waals surface area contributed by atoms with Gasteiger partial charge in [-0.05, 0) is 55.7 Å². The van der Waals surface area contributed by atoms with Crippen LogP contribution in [0.25, 0.3) is 0 Å². The van der Waals surface area contributed by atoms with Crippen LogP contribution < -0.4 is 10.6 Å². The quantitative estimate of drug-likeness (QED) is 0.707. The van der Waals surface area contributed by atoms with Crippen LogP contribution in [0.3, 0.4) is 0 Å². The van der Waals surface area contributed by atoms with E-state index in [1.165, 1.54) is 12.1 Å². The fraction of sp³-hybridized carbons (Fsp3) is 0.222. The van der Waals surface area contributed by atoms with E-state index < -0.39 is 11.8 Å². The van der Waals surface area contributed by atoms with E-state index in [9.17, 15) is 14.7 Å². The van der Waals surface area contributed by atoms with Gasteiger partial charge in [-0.15, -0.1) is 0 Å². The van der Waals surface area contributed by atoms with Gasteiger partial charge in [-0.3, -0.25) is 9.59 Å². The van der Waals surface area contributed by atoms with Gasteiger partial charge >= 0.3 is 11.8 Å². The lowest BCUT2D eigenvalue weighted by molar-refractivity contribution is -0.136. The van der Waals surface area contributed by atoms with E-state index in [0.717, 1.165) is 5.56 Å². The van der Waals surface area contributed by atoms with E-state index >= 15 is 0 Å². The third-order valence-corrected chi connectivity index (χ3v) is 4.39. The molecule has 0 bridgehead atoms. The molecule has 0 heterocycles. The number of amides is 2. The summed E-state index contributed by atoms with van der Waals surface area (Å²) in [6.45, 7) is 3.55. The lowest BCUT2D eigenvalue weighted by Crippen LogP contribution is -2.41. The van der Waals surface area contributed by atoms with Gasteiger partial charge in [0, 0.05) is 21.8 Å². The fourth-order valence-electron chi connectivity index (χ4n) is 2.23. The Morgan fingerprint density at radius 3 is 2.20 bits per heavy atom. The van der Waals surface area contributed by atoms with Gasteiger partial charge in [0.15, 0.2) is 0 Å². The maximum Gasteiger partial charge on any atom is 0.313 e. The molecule has 1 atom stereocenters. The SMILES string of the molecule is Cc1c(Cl)cc(NC(=O)C(=O)NC(C)Cc2ccc(O)cc2)cc1Cl. The Labute approximate surface area is 156 Å². The predicted octanol–water partition coefficient (Wildman–Crippen LogP) is 3.69. The summed E-state index contributed by atoms with van der Waals surface area (Å²) >= 11 is 12.0. The lowest BCUT2D eigenvalue weighted by Gasteiger charge is -2.14. The largest absolute Gasteiger partial charge is 0.508 e. The highest BCUT2D eigenvalue weighted by Crippen LogP contribution is 2.28. The minimum Gasteiger partial charge on any atom is -0.508 e. The number of carbonyl (C=O) groups is 2. The Kier molecular flexibility index (Phi) is 6.28. The van der Waals surface area contributed by atoms with Crippen molar-refractivity contribution in [2.24, 2.45) is 0 Å². The zero-order valence-corrected chi connectivity index (χ0v) is 15.3. The van der Waals surface area contributed by atoms with Crippen LogP contribution in [0.15, 0.2) is 36.4 Å². The first kappa shape index (κ1) is 19.1. The van der Waals surface area contributed by atoms with Crippen molar-refractivity contribution in [1.82, 2.24) is 5.32 Å².